The Labute approximate surface area is 180 Å². The topological polar surface area (TPSA) is 74.6 Å². The Hall–Kier alpha value is -4.09. The molecule has 5 heteroatoms. The van der Waals surface area contributed by atoms with Crippen molar-refractivity contribution in [3.63, 3.8) is 0 Å². The molecule has 5 nitrogen and oxygen atoms in total. The molecule has 0 aliphatic carbocycles. The Balaban J connectivity index is 1.75. The predicted octanol–water partition coefficient (Wildman–Crippen LogP) is 3.89. The van der Waals surface area contributed by atoms with Crippen molar-refractivity contribution in [1.82, 2.24) is 10.4 Å². The fourth-order valence-corrected chi connectivity index (χ4v) is 3.34. The van der Waals surface area contributed by atoms with Gasteiger partial charge in [-0.05, 0) is 23.3 Å². The lowest BCUT2D eigenvalue weighted by molar-refractivity contribution is -0.136. The molecule has 0 aliphatic rings. The molecular formula is C26H21N3O2. The van der Waals surface area contributed by atoms with E-state index >= 15 is 0 Å². The molecule has 0 saturated carbocycles. The highest BCUT2D eigenvalue weighted by atomic mass is 16.3. The van der Waals surface area contributed by atoms with Crippen molar-refractivity contribution in [2.75, 3.05) is 0 Å². The van der Waals surface area contributed by atoms with Gasteiger partial charge in [0, 0.05) is 11.8 Å². The molecule has 2 N–H and O–H groups in total. The van der Waals surface area contributed by atoms with Crippen LogP contribution in [0.4, 0.5) is 0 Å². The molecular weight excluding hydrogens is 386 g/mol. The second kappa shape index (κ2) is 9.15. The first kappa shape index (κ1) is 20.2. The van der Waals surface area contributed by atoms with Crippen LogP contribution in [-0.2, 0) is 10.4 Å². The van der Waals surface area contributed by atoms with E-state index in [1.807, 2.05) is 60.7 Å². The fourth-order valence-electron chi connectivity index (χ4n) is 3.34. The van der Waals surface area contributed by atoms with E-state index in [0.717, 1.165) is 5.56 Å². The highest BCUT2D eigenvalue weighted by molar-refractivity contribution is 6.12. The number of amides is 1. The Morgan fingerprint density at radius 1 is 0.742 bits per heavy atom. The van der Waals surface area contributed by atoms with Gasteiger partial charge in [-0.3, -0.25) is 9.78 Å². The van der Waals surface area contributed by atoms with Crippen LogP contribution in [0.2, 0.25) is 0 Å². The first-order valence-corrected chi connectivity index (χ1v) is 9.88. The van der Waals surface area contributed by atoms with Crippen molar-refractivity contribution in [2.24, 2.45) is 5.10 Å². The normalized spacial score (nSPS) is 11.7. The number of rotatable bonds is 6. The maximum atomic E-state index is 13.3. The molecule has 4 aromatic rings. The summed E-state index contributed by atoms with van der Waals surface area (Å²) in [5.74, 6) is -0.658. The molecule has 0 fully saturated rings. The van der Waals surface area contributed by atoms with Crippen LogP contribution in [0.5, 0.6) is 0 Å². The van der Waals surface area contributed by atoms with E-state index in [2.05, 4.69) is 15.5 Å². The van der Waals surface area contributed by atoms with E-state index in [9.17, 15) is 9.90 Å². The third-order valence-corrected chi connectivity index (χ3v) is 4.94. The van der Waals surface area contributed by atoms with Crippen molar-refractivity contribution in [3.05, 3.63) is 138 Å². The number of hydrazone groups is 1. The van der Waals surface area contributed by atoms with Crippen molar-refractivity contribution < 1.29 is 9.90 Å². The van der Waals surface area contributed by atoms with Gasteiger partial charge in [-0.15, -0.1) is 0 Å². The number of hydrogen-bond donors (Lipinski definition) is 2. The first-order chi connectivity index (χ1) is 15.2. The zero-order valence-corrected chi connectivity index (χ0v) is 16.7. The minimum Gasteiger partial charge on any atom is -0.372 e. The lowest BCUT2D eigenvalue weighted by Gasteiger charge is -2.27. The smallest absolute Gasteiger partial charge is 0.281 e. The van der Waals surface area contributed by atoms with Crippen molar-refractivity contribution in [1.29, 1.82) is 0 Å². The highest BCUT2D eigenvalue weighted by Crippen LogP contribution is 2.30. The molecule has 31 heavy (non-hydrogen) atoms. The van der Waals surface area contributed by atoms with Gasteiger partial charge in [0.2, 0.25) is 0 Å². The molecule has 0 radical (unpaired) electrons. The monoisotopic (exact) mass is 407 g/mol. The summed E-state index contributed by atoms with van der Waals surface area (Å²) in [6.45, 7) is 0. The number of carbonyl (C=O) groups is 1. The van der Waals surface area contributed by atoms with E-state index in [1.54, 1.807) is 54.7 Å². The molecule has 1 aromatic heterocycles. The Morgan fingerprint density at radius 2 is 1.26 bits per heavy atom. The van der Waals surface area contributed by atoms with Crippen molar-refractivity contribution >= 4 is 11.6 Å². The lowest BCUT2D eigenvalue weighted by atomic mass is 9.85. The molecule has 3 aromatic carbocycles. The van der Waals surface area contributed by atoms with Gasteiger partial charge in [-0.1, -0.05) is 97.1 Å². The minimum atomic E-state index is -1.90. The third-order valence-electron chi connectivity index (χ3n) is 4.94. The minimum absolute atomic E-state index is 0.452. The van der Waals surface area contributed by atoms with Crippen LogP contribution < -0.4 is 5.43 Å². The molecule has 152 valence electrons. The highest BCUT2D eigenvalue weighted by Gasteiger charge is 2.40. The number of hydrogen-bond acceptors (Lipinski definition) is 4. The van der Waals surface area contributed by atoms with Crippen molar-refractivity contribution in [2.45, 2.75) is 5.60 Å². The van der Waals surface area contributed by atoms with E-state index in [4.69, 9.17) is 0 Å². The largest absolute Gasteiger partial charge is 0.372 e. The summed E-state index contributed by atoms with van der Waals surface area (Å²) < 4.78 is 0. The Bertz CT molecular complexity index is 1080. The number of carbonyl (C=O) groups excluding carboxylic acids is 1. The number of aromatic nitrogens is 1. The summed E-state index contributed by atoms with van der Waals surface area (Å²) in [5, 5.41) is 16.0. The molecule has 0 unspecified atom stereocenters. The first-order valence-electron chi connectivity index (χ1n) is 9.88. The third kappa shape index (κ3) is 4.27. The average molecular weight is 407 g/mol. The van der Waals surface area contributed by atoms with Gasteiger partial charge in [0.05, 0.1) is 5.69 Å². The molecule has 0 atom stereocenters. The molecule has 1 heterocycles. The summed E-state index contributed by atoms with van der Waals surface area (Å²) in [7, 11) is 0. The molecule has 4 rings (SSSR count). The number of benzene rings is 3. The van der Waals surface area contributed by atoms with Gasteiger partial charge in [-0.25, -0.2) is 5.43 Å². The summed E-state index contributed by atoms with van der Waals surface area (Å²) >= 11 is 0. The summed E-state index contributed by atoms with van der Waals surface area (Å²) in [5.41, 5.74) is 3.48. The van der Waals surface area contributed by atoms with Gasteiger partial charge in [-0.2, -0.15) is 5.10 Å². The second-order valence-corrected chi connectivity index (χ2v) is 6.92. The quantitative estimate of drug-likeness (QED) is 0.376. The van der Waals surface area contributed by atoms with Crippen LogP contribution in [-0.4, -0.2) is 21.7 Å². The second-order valence-electron chi connectivity index (χ2n) is 6.92. The number of pyridine rings is 1. The van der Waals surface area contributed by atoms with E-state index in [1.165, 1.54) is 0 Å². The van der Waals surface area contributed by atoms with Crippen molar-refractivity contribution in [3.8, 4) is 0 Å². The van der Waals surface area contributed by atoms with Gasteiger partial charge in [0.25, 0.3) is 5.91 Å². The predicted molar refractivity (Wildman–Crippen MR) is 120 cm³/mol. The standard InChI is InChI=1S/C26H21N3O2/c30-25(26(31,21-14-6-2-7-15-21)22-16-8-3-9-17-22)29-28-24(20-12-4-1-5-13-20)23-18-10-11-19-27-23/h1-19,31H,(H,29,30). The summed E-state index contributed by atoms with van der Waals surface area (Å²) in [6, 6.07) is 32.6. The van der Waals surface area contributed by atoms with E-state index in [0.29, 0.717) is 22.5 Å². The Morgan fingerprint density at radius 3 is 1.77 bits per heavy atom. The lowest BCUT2D eigenvalue weighted by Crippen LogP contribution is -2.44. The van der Waals surface area contributed by atoms with Crippen LogP contribution in [0.1, 0.15) is 22.4 Å². The molecule has 0 bridgehead atoms. The summed E-state index contributed by atoms with van der Waals surface area (Å²) in [4.78, 5) is 17.7. The average Bonchev–Trinajstić information content (AvgIpc) is 2.86. The maximum Gasteiger partial charge on any atom is 0.281 e. The van der Waals surface area contributed by atoms with Crippen LogP contribution in [0.3, 0.4) is 0 Å². The van der Waals surface area contributed by atoms with Gasteiger partial charge < -0.3 is 5.11 Å². The van der Waals surface area contributed by atoms with Gasteiger partial charge in [0.1, 0.15) is 5.71 Å². The fraction of sp³-hybridized carbons (Fsp3) is 0.0385. The van der Waals surface area contributed by atoms with E-state index < -0.39 is 11.5 Å². The van der Waals surface area contributed by atoms with Crippen LogP contribution >= 0.6 is 0 Å². The van der Waals surface area contributed by atoms with Crippen LogP contribution in [0, 0.1) is 0 Å². The number of aliphatic hydroxyl groups is 1. The van der Waals surface area contributed by atoms with Crippen LogP contribution in [0.15, 0.2) is 120 Å². The summed E-state index contributed by atoms with van der Waals surface area (Å²) in [6.07, 6.45) is 1.67. The molecule has 0 saturated heterocycles. The van der Waals surface area contributed by atoms with Gasteiger partial charge >= 0.3 is 0 Å². The van der Waals surface area contributed by atoms with Crippen LogP contribution in [0.25, 0.3) is 0 Å². The number of nitrogens with one attached hydrogen (secondary N) is 1. The SMILES string of the molecule is O=C(NN=C(c1ccccc1)c1ccccn1)C(O)(c1ccccc1)c1ccccc1. The molecule has 1 amide bonds. The maximum absolute atomic E-state index is 13.3. The zero-order chi connectivity index (χ0) is 21.5. The molecule has 0 spiro atoms. The number of nitrogens with zero attached hydrogens (tertiary/aromatic N) is 2. The van der Waals surface area contributed by atoms with E-state index in [-0.39, 0.29) is 0 Å². The molecule has 0 aliphatic heterocycles. The Kier molecular flexibility index (Phi) is 5.96. The zero-order valence-electron chi connectivity index (χ0n) is 16.7. The van der Waals surface area contributed by atoms with Gasteiger partial charge in [0.15, 0.2) is 5.60 Å².